The van der Waals surface area contributed by atoms with Crippen LogP contribution in [-0.4, -0.2) is 29.8 Å². The quantitative estimate of drug-likeness (QED) is 0.888. The lowest BCUT2D eigenvalue weighted by molar-refractivity contribution is 0.0892. The number of hydrogen-bond donors (Lipinski definition) is 2. The summed E-state index contributed by atoms with van der Waals surface area (Å²) in [5.74, 6) is 0.970. The molecule has 1 amide bonds. The van der Waals surface area contributed by atoms with Crippen molar-refractivity contribution in [2.75, 3.05) is 6.61 Å². The van der Waals surface area contributed by atoms with Gasteiger partial charge in [-0.1, -0.05) is 32.9 Å². The number of aliphatic hydroxyl groups excluding tert-OH is 1. The molecule has 0 radical (unpaired) electrons. The number of amides is 1. The predicted molar refractivity (Wildman–Crippen MR) is 78.1 cm³/mol. The second-order valence-corrected chi connectivity index (χ2v) is 5.84. The van der Waals surface area contributed by atoms with E-state index in [1.807, 2.05) is 32.9 Å². The van der Waals surface area contributed by atoms with Crippen LogP contribution in [0.1, 0.15) is 49.5 Å². The molecule has 4 heteroatoms. The molecule has 0 fully saturated rings. The summed E-state index contributed by atoms with van der Waals surface area (Å²) in [6, 6.07) is 5.42. The highest BCUT2D eigenvalue weighted by Gasteiger charge is 2.31. The molecule has 3 atom stereocenters. The van der Waals surface area contributed by atoms with Crippen molar-refractivity contribution in [1.29, 1.82) is 0 Å². The SMILES string of the molecule is CC(C)C(CO)NC(=O)c1cccc2c1OC(C)C2C. The number of nitrogens with one attached hydrogen (secondary N) is 1. The van der Waals surface area contributed by atoms with E-state index >= 15 is 0 Å². The van der Waals surface area contributed by atoms with Crippen molar-refractivity contribution in [2.24, 2.45) is 5.92 Å². The minimum atomic E-state index is -0.241. The predicted octanol–water partition coefficient (Wildman–Crippen LogP) is 2.32. The van der Waals surface area contributed by atoms with Crippen molar-refractivity contribution in [1.82, 2.24) is 5.32 Å². The Labute approximate surface area is 120 Å². The smallest absolute Gasteiger partial charge is 0.255 e. The van der Waals surface area contributed by atoms with Crippen LogP contribution in [0.3, 0.4) is 0 Å². The number of carbonyl (C=O) groups is 1. The lowest BCUT2D eigenvalue weighted by Crippen LogP contribution is -2.41. The highest BCUT2D eigenvalue weighted by molar-refractivity contribution is 5.97. The summed E-state index contributed by atoms with van der Waals surface area (Å²) in [6.07, 6.45) is 0.0812. The van der Waals surface area contributed by atoms with Gasteiger partial charge in [-0.05, 0) is 18.9 Å². The summed E-state index contributed by atoms with van der Waals surface area (Å²) < 4.78 is 5.82. The van der Waals surface area contributed by atoms with Crippen molar-refractivity contribution >= 4 is 5.91 Å². The van der Waals surface area contributed by atoms with Crippen LogP contribution in [0.25, 0.3) is 0 Å². The van der Waals surface area contributed by atoms with Crippen LogP contribution in [0.4, 0.5) is 0 Å². The van der Waals surface area contributed by atoms with E-state index in [2.05, 4.69) is 12.2 Å². The highest BCUT2D eigenvalue weighted by atomic mass is 16.5. The van der Waals surface area contributed by atoms with E-state index in [-0.39, 0.29) is 36.5 Å². The van der Waals surface area contributed by atoms with E-state index in [0.29, 0.717) is 11.3 Å². The first kappa shape index (κ1) is 14.9. The third-order valence-electron chi connectivity index (χ3n) is 4.11. The first-order valence-corrected chi connectivity index (χ1v) is 7.17. The largest absolute Gasteiger partial charge is 0.489 e. The van der Waals surface area contributed by atoms with Crippen molar-refractivity contribution < 1.29 is 14.6 Å². The van der Waals surface area contributed by atoms with Crippen molar-refractivity contribution in [3.63, 3.8) is 0 Å². The van der Waals surface area contributed by atoms with E-state index in [1.54, 1.807) is 6.07 Å². The lowest BCUT2D eigenvalue weighted by atomic mass is 9.96. The molecule has 0 bridgehead atoms. The zero-order valence-electron chi connectivity index (χ0n) is 12.5. The second-order valence-electron chi connectivity index (χ2n) is 5.84. The molecular weight excluding hydrogens is 254 g/mol. The van der Waals surface area contributed by atoms with Crippen molar-refractivity contribution in [2.45, 2.75) is 45.8 Å². The molecule has 2 rings (SSSR count). The average Bonchev–Trinajstić information content (AvgIpc) is 2.71. The van der Waals surface area contributed by atoms with Crippen LogP contribution in [0.2, 0.25) is 0 Å². The molecule has 0 saturated heterocycles. The molecule has 4 nitrogen and oxygen atoms in total. The molecule has 1 aliphatic rings. The van der Waals surface area contributed by atoms with Gasteiger partial charge in [0.15, 0.2) is 0 Å². The maximum absolute atomic E-state index is 12.4. The molecule has 20 heavy (non-hydrogen) atoms. The fraction of sp³-hybridized carbons (Fsp3) is 0.562. The van der Waals surface area contributed by atoms with Crippen molar-refractivity contribution in [3.05, 3.63) is 29.3 Å². The first-order valence-electron chi connectivity index (χ1n) is 7.17. The van der Waals surface area contributed by atoms with Crippen LogP contribution < -0.4 is 10.1 Å². The van der Waals surface area contributed by atoms with Gasteiger partial charge >= 0.3 is 0 Å². The summed E-state index contributed by atoms with van der Waals surface area (Å²) in [5.41, 5.74) is 1.63. The van der Waals surface area contributed by atoms with Gasteiger partial charge in [0.1, 0.15) is 11.9 Å². The maximum Gasteiger partial charge on any atom is 0.255 e. The molecule has 0 aliphatic carbocycles. The Bertz CT molecular complexity index is 498. The maximum atomic E-state index is 12.4. The molecule has 0 saturated carbocycles. The van der Waals surface area contributed by atoms with Crippen LogP contribution in [0.5, 0.6) is 5.75 Å². The minimum Gasteiger partial charge on any atom is -0.489 e. The molecule has 1 aliphatic heterocycles. The van der Waals surface area contributed by atoms with E-state index < -0.39 is 0 Å². The molecule has 1 aromatic rings. The second kappa shape index (κ2) is 5.83. The van der Waals surface area contributed by atoms with Crippen LogP contribution in [0.15, 0.2) is 18.2 Å². The molecule has 1 aromatic carbocycles. The molecule has 2 N–H and O–H groups in total. The summed E-state index contributed by atoms with van der Waals surface area (Å²) in [4.78, 5) is 12.4. The van der Waals surface area contributed by atoms with Gasteiger partial charge in [-0.2, -0.15) is 0 Å². The van der Waals surface area contributed by atoms with Gasteiger partial charge in [0.2, 0.25) is 0 Å². The zero-order chi connectivity index (χ0) is 14.9. The van der Waals surface area contributed by atoms with E-state index in [9.17, 15) is 9.90 Å². The monoisotopic (exact) mass is 277 g/mol. The topological polar surface area (TPSA) is 58.6 Å². The Hall–Kier alpha value is -1.55. The molecule has 110 valence electrons. The lowest BCUT2D eigenvalue weighted by Gasteiger charge is -2.20. The fourth-order valence-corrected chi connectivity index (χ4v) is 2.43. The van der Waals surface area contributed by atoms with E-state index in [0.717, 1.165) is 5.56 Å². The summed E-state index contributed by atoms with van der Waals surface area (Å²) in [5, 5.41) is 12.2. The third kappa shape index (κ3) is 2.66. The Kier molecular flexibility index (Phi) is 4.33. The molecule has 1 heterocycles. The standard InChI is InChI=1S/C16H23NO3/c1-9(2)14(8-18)17-16(19)13-7-5-6-12-10(3)11(4)20-15(12)13/h5-7,9-11,14,18H,8H2,1-4H3,(H,17,19). The molecule has 0 aromatic heterocycles. The van der Waals surface area contributed by atoms with Crippen LogP contribution in [0, 0.1) is 5.92 Å². The zero-order valence-corrected chi connectivity index (χ0v) is 12.5. The molecular formula is C16H23NO3. The van der Waals surface area contributed by atoms with E-state index in [1.165, 1.54) is 0 Å². The van der Waals surface area contributed by atoms with Crippen molar-refractivity contribution in [3.8, 4) is 5.75 Å². The summed E-state index contributed by atoms with van der Waals surface area (Å²) >= 11 is 0. The van der Waals surface area contributed by atoms with Gasteiger partial charge in [0.25, 0.3) is 5.91 Å². The first-order chi connectivity index (χ1) is 9.45. The van der Waals surface area contributed by atoms with Gasteiger partial charge in [0, 0.05) is 11.5 Å². The fourth-order valence-electron chi connectivity index (χ4n) is 2.43. The number of aliphatic hydroxyl groups is 1. The molecule has 0 spiro atoms. The Morgan fingerprint density at radius 2 is 2.10 bits per heavy atom. The van der Waals surface area contributed by atoms with E-state index in [4.69, 9.17) is 4.74 Å². The Morgan fingerprint density at radius 1 is 1.40 bits per heavy atom. The van der Waals surface area contributed by atoms with Gasteiger partial charge < -0.3 is 15.2 Å². The number of ether oxygens (including phenoxy) is 1. The Balaban J connectivity index is 2.25. The van der Waals surface area contributed by atoms with Crippen LogP contribution in [-0.2, 0) is 0 Å². The van der Waals surface area contributed by atoms with Gasteiger partial charge in [-0.3, -0.25) is 4.79 Å². The number of benzene rings is 1. The van der Waals surface area contributed by atoms with Crippen LogP contribution >= 0.6 is 0 Å². The average molecular weight is 277 g/mol. The van der Waals surface area contributed by atoms with Gasteiger partial charge in [-0.25, -0.2) is 0 Å². The number of rotatable bonds is 4. The molecule has 3 unspecified atom stereocenters. The number of fused-ring (bicyclic) bond motifs is 1. The summed E-state index contributed by atoms with van der Waals surface area (Å²) in [6.45, 7) is 7.99. The van der Waals surface area contributed by atoms with Gasteiger partial charge in [0.05, 0.1) is 18.2 Å². The number of carbonyl (C=O) groups excluding carboxylic acids is 1. The van der Waals surface area contributed by atoms with Gasteiger partial charge in [-0.15, -0.1) is 0 Å². The highest BCUT2D eigenvalue weighted by Crippen LogP contribution is 2.40. The summed E-state index contributed by atoms with van der Waals surface area (Å²) in [7, 11) is 0. The number of hydrogen-bond acceptors (Lipinski definition) is 3. The normalized spacial score (nSPS) is 22.3. The minimum absolute atomic E-state index is 0.0634. The number of para-hydroxylation sites is 1. The third-order valence-corrected chi connectivity index (χ3v) is 4.11. The Morgan fingerprint density at radius 3 is 2.70 bits per heavy atom.